The molecule has 1 heterocycles. The van der Waals surface area contributed by atoms with Crippen LogP contribution in [0.3, 0.4) is 0 Å². The van der Waals surface area contributed by atoms with Crippen LogP contribution in [0.15, 0.2) is 6.07 Å². The van der Waals surface area contributed by atoms with Crippen molar-refractivity contribution in [2.24, 2.45) is 0 Å². The van der Waals surface area contributed by atoms with Gasteiger partial charge < -0.3 is 15.2 Å². The van der Waals surface area contributed by atoms with Gasteiger partial charge in [0, 0.05) is 19.6 Å². The number of nitrogens with zero attached hydrogens (tertiary/aromatic N) is 2. The molecule has 1 aromatic heterocycles. The van der Waals surface area contributed by atoms with Crippen molar-refractivity contribution in [2.75, 3.05) is 19.5 Å². The summed E-state index contributed by atoms with van der Waals surface area (Å²) in [5, 5.41) is 0. The maximum absolute atomic E-state index is 5.68. The van der Waals surface area contributed by atoms with Crippen molar-refractivity contribution in [3.8, 4) is 5.88 Å². The Hall–Kier alpha value is -1.36. The van der Waals surface area contributed by atoms with Crippen LogP contribution in [0.25, 0.3) is 0 Å². The molecule has 0 bridgehead atoms. The first-order valence-electron chi connectivity index (χ1n) is 5.44. The van der Waals surface area contributed by atoms with Crippen molar-refractivity contribution in [1.29, 1.82) is 0 Å². The Bertz CT molecular complexity index is 331. The highest BCUT2D eigenvalue weighted by atomic mass is 16.5. The zero-order chi connectivity index (χ0) is 12.0. The summed E-state index contributed by atoms with van der Waals surface area (Å²) in [4.78, 5) is 8.41. The van der Waals surface area contributed by atoms with Crippen molar-refractivity contribution in [3.05, 3.63) is 11.9 Å². The molecular weight excluding hydrogens is 206 g/mol. The molecule has 0 aromatic carbocycles. The summed E-state index contributed by atoms with van der Waals surface area (Å²) in [7, 11) is 1.64. The van der Waals surface area contributed by atoms with E-state index in [4.69, 9.17) is 15.2 Å². The normalized spacial score (nSPS) is 12.4. The monoisotopic (exact) mass is 225 g/mol. The molecule has 0 saturated heterocycles. The fourth-order valence-corrected chi connectivity index (χ4v) is 1.36. The lowest BCUT2D eigenvalue weighted by Gasteiger charge is -2.13. The van der Waals surface area contributed by atoms with Crippen LogP contribution in [0, 0.1) is 0 Å². The summed E-state index contributed by atoms with van der Waals surface area (Å²) < 4.78 is 10.6. The summed E-state index contributed by atoms with van der Waals surface area (Å²) >= 11 is 0. The lowest BCUT2D eigenvalue weighted by molar-refractivity contribution is 0.0887. The van der Waals surface area contributed by atoms with Crippen molar-refractivity contribution >= 4 is 5.82 Å². The van der Waals surface area contributed by atoms with Gasteiger partial charge in [-0.1, -0.05) is 6.92 Å². The molecule has 5 heteroatoms. The fraction of sp³-hybridized carbons (Fsp3) is 0.636. The van der Waals surface area contributed by atoms with Crippen molar-refractivity contribution in [1.82, 2.24) is 9.97 Å². The highest BCUT2D eigenvalue weighted by Crippen LogP contribution is 2.13. The topological polar surface area (TPSA) is 70.3 Å². The molecule has 1 atom stereocenters. The van der Waals surface area contributed by atoms with Gasteiger partial charge in [0.15, 0.2) is 0 Å². The standard InChI is InChI=1S/C11H19N3O2/c1-4-5-10-13-9(12)6-11(14-10)16-8(2)7-15-3/h6,8H,4-5,7H2,1-3H3,(H2,12,13,14). The van der Waals surface area contributed by atoms with E-state index < -0.39 is 0 Å². The van der Waals surface area contributed by atoms with Gasteiger partial charge in [-0.25, -0.2) is 4.98 Å². The van der Waals surface area contributed by atoms with Crippen LogP contribution in [-0.2, 0) is 11.2 Å². The maximum Gasteiger partial charge on any atom is 0.219 e. The van der Waals surface area contributed by atoms with Crippen LogP contribution in [0.4, 0.5) is 5.82 Å². The second kappa shape index (κ2) is 6.27. The average Bonchev–Trinajstić information content (AvgIpc) is 2.17. The second-order valence-electron chi connectivity index (χ2n) is 3.68. The Kier molecular flexibility index (Phi) is 4.98. The van der Waals surface area contributed by atoms with Gasteiger partial charge in [0.2, 0.25) is 5.88 Å². The smallest absolute Gasteiger partial charge is 0.219 e. The summed E-state index contributed by atoms with van der Waals surface area (Å²) in [5.74, 6) is 1.68. The minimum Gasteiger partial charge on any atom is -0.472 e. The number of nitrogen functional groups attached to an aromatic ring is 1. The van der Waals surface area contributed by atoms with Crippen LogP contribution in [-0.4, -0.2) is 29.8 Å². The second-order valence-corrected chi connectivity index (χ2v) is 3.68. The van der Waals surface area contributed by atoms with Crippen LogP contribution in [0.1, 0.15) is 26.1 Å². The van der Waals surface area contributed by atoms with Gasteiger partial charge in [-0.15, -0.1) is 0 Å². The minimum atomic E-state index is -0.0474. The molecule has 90 valence electrons. The van der Waals surface area contributed by atoms with Crippen LogP contribution in [0.2, 0.25) is 0 Å². The van der Waals surface area contributed by atoms with E-state index in [2.05, 4.69) is 16.9 Å². The van der Waals surface area contributed by atoms with E-state index in [9.17, 15) is 0 Å². The summed E-state index contributed by atoms with van der Waals surface area (Å²) in [6.07, 6.45) is 1.74. The number of rotatable bonds is 6. The molecule has 0 aliphatic rings. The lowest BCUT2D eigenvalue weighted by Crippen LogP contribution is -2.19. The molecule has 0 fully saturated rings. The predicted octanol–water partition coefficient (Wildman–Crippen LogP) is 1.43. The Labute approximate surface area is 96.0 Å². The number of hydrogen-bond donors (Lipinski definition) is 1. The van der Waals surface area contributed by atoms with Crippen LogP contribution < -0.4 is 10.5 Å². The van der Waals surface area contributed by atoms with E-state index in [1.54, 1.807) is 13.2 Å². The third kappa shape index (κ3) is 4.02. The number of aryl methyl sites for hydroxylation is 1. The van der Waals surface area contributed by atoms with Crippen LogP contribution >= 0.6 is 0 Å². The SMILES string of the molecule is CCCc1nc(N)cc(OC(C)COC)n1. The molecule has 0 saturated carbocycles. The molecule has 2 N–H and O–H groups in total. The number of methoxy groups -OCH3 is 1. The van der Waals surface area contributed by atoms with Gasteiger partial charge in [0.1, 0.15) is 17.7 Å². The van der Waals surface area contributed by atoms with Gasteiger partial charge in [0.05, 0.1) is 6.61 Å². The Morgan fingerprint density at radius 3 is 2.81 bits per heavy atom. The lowest BCUT2D eigenvalue weighted by atomic mass is 10.3. The van der Waals surface area contributed by atoms with Gasteiger partial charge in [0.25, 0.3) is 0 Å². The molecule has 0 spiro atoms. The molecule has 5 nitrogen and oxygen atoms in total. The first kappa shape index (κ1) is 12.7. The largest absolute Gasteiger partial charge is 0.472 e. The van der Waals surface area contributed by atoms with Crippen LogP contribution in [0.5, 0.6) is 5.88 Å². The summed E-state index contributed by atoms with van der Waals surface area (Å²) in [6.45, 7) is 4.51. The van der Waals surface area contributed by atoms with Crippen molar-refractivity contribution < 1.29 is 9.47 Å². The first-order chi connectivity index (χ1) is 7.65. The van der Waals surface area contributed by atoms with Gasteiger partial charge in [-0.2, -0.15) is 4.98 Å². The summed E-state index contributed by atoms with van der Waals surface area (Å²) in [6, 6.07) is 1.63. The molecule has 1 rings (SSSR count). The van der Waals surface area contributed by atoms with E-state index in [0.29, 0.717) is 18.3 Å². The summed E-state index contributed by atoms with van der Waals surface area (Å²) in [5.41, 5.74) is 5.68. The van der Waals surface area contributed by atoms with Gasteiger partial charge in [-0.3, -0.25) is 0 Å². The maximum atomic E-state index is 5.68. The van der Waals surface area contributed by atoms with E-state index in [-0.39, 0.29) is 6.10 Å². The molecule has 0 aliphatic heterocycles. The van der Waals surface area contributed by atoms with E-state index in [1.165, 1.54) is 0 Å². The minimum absolute atomic E-state index is 0.0474. The van der Waals surface area contributed by atoms with E-state index in [0.717, 1.165) is 18.7 Å². The quantitative estimate of drug-likeness (QED) is 0.793. The fourth-order valence-electron chi connectivity index (χ4n) is 1.36. The Balaban J connectivity index is 2.71. The third-order valence-corrected chi connectivity index (χ3v) is 1.97. The molecular formula is C11H19N3O2. The molecule has 1 unspecified atom stereocenters. The third-order valence-electron chi connectivity index (χ3n) is 1.97. The molecule has 1 aromatic rings. The first-order valence-corrected chi connectivity index (χ1v) is 5.44. The molecule has 16 heavy (non-hydrogen) atoms. The van der Waals surface area contributed by atoms with Crippen molar-refractivity contribution in [2.45, 2.75) is 32.8 Å². The predicted molar refractivity (Wildman–Crippen MR) is 62.4 cm³/mol. The van der Waals surface area contributed by atoms with Crippen molar-refractivity contribution in [3.63, 3.8) is 0 Å². The average molecular weight is 225 g/mol. The molecule has 0 radical (unpaired) electrons. The molecule has 0 amide bonds. The highest BCUT2D eigenvalue weighted by molar-refractivity contribution is 5.32. The number of anilines is 1. The van der Waals surface area contributed by atoms with E-state index in [1.807, 2.05) is 6.92 Å². The Morgan fingerprint density at radius 2 is 2.19 bits per heavy atom. The Morgan fingerprint density at radius 1 is 1.44 bits per heavy atom. The van der Waals surface area contributed by atoms with Gasteiger partial charge >= 0.3 is 0 Å². The zero-order valence-electron chi connectivity index (χ0n) is 10.1. The number of nitrogens with two attached hydrogens (primary N) is 1. The number of hydrogen-bond acceptors (Lipinski definition) is 5. The number of aromatic nitrogens is 2. The zero-order valence-corrected chi connectivity index (χ0v) is 10.1. The van der Waals surface area contributed by atoms with E-state index >= 15 is 0 Å². The highest BCUT2D eigenvalue weighted by Gasteiger charge is 2.07. The molecule has 0 aliphatic carbocycles. The van der Waals surface area contributed by atoms with Gasteiger partial charge in [-0.05, 0) is 13.3 Å². The number of ether oxygens (including phenoxy) is 2.